The van der Waals surface area contributed by atoms with Crippen molar-refractivity contribution in [3.63, 3.8) is 0 Å². The summed E-state index contributed by atoms with van der Waals surface area (Å²) >= 11 is 56.1. The van der Waals surface area contributed by atoms with Crippen LogP contribution in [0.5, 0.6) is 0 Å². The van der Waals surface area contributed by atoms with Crippen molar-refractivity contribution in [3.05, 3.63) is 0 Å². The van der Waals surface area contributed by atoms with Crippen LogP contribution in [-0.2, 0) is 0 Å². The number of nitrogens with zero attached hydrogens (tertiary/aromatic N) is 7. The summed E-state index contributed by atoms with van der Waals surface area (Å²) in [5.41, 5.74) is 0. The topological polar surface area (TPSA) is 77.4 Å². The van der Waals surface area contributed by atoms with Crippen molar-refractivity contribution in [1.29, 1.82) is 0 Å². The van der Waals surface area contributed by atoms with Gasteiger partial charge in [-0.05, 0) is 101 Å². The molecule has 0 saturated carbocycles. The third-order valence-corrected chi connectivity index (χ3v) is 32.7. The first-order valence-electron chi connectivity index (χ1n) is 4.52. The van der Waals surface area contributed by atoms with Gasteiger partial charge in [-0.1, -0.05) is 0 Å². The summed E-state index contributed by atoms with van der Waals surface area (Å²) in [7, 11) is 0. The van der Waals surface area contributed by atoms with Gasteiger partial charge < -0.3 is 0 Å². The molecule has 3 aliphatic heterocycles. The molecule has 3 heterocycles. The number of hydrogen-bond acceptors (Lipinski definition) is 7. The fourth-order valence-corrected chi connectivity index (χ4v) is 45.2. The maximum Gasteiger partial charge on any atom is 0.257 e. The fourth-order valence-electron chi connectivity index (χ4n) is 1.58. The lowest BCUT2D eigenvalue weighted by Gasteiger charge is -2.44. The summed E-state index contributed by atoms with van der Waals surface area (Å²) in [4.78, 5) is 0. The maximum absolute atomic E-state index is 6.51. The predicted octanol–water partition coefficient (Wildman–Crippen LogP) is 12.2. The Labute approximate surface area is 168 Å². The van der Waals surface area contributed by atoms with Gasteiger partial charge in [-0.25, -0.2) is 0 Å². The van der Waals surface area contributed by atoms with E-state index in [4.69, 9.17) is 101 Å². The van der Waals surface area contributed by atoms with E-state index in [1.165, 1.54) is 4.21 Å². The smallest absolute Gasteiger partial charge is 0.184 e. The normalized spacial score (nSPS) is 47.3. The highest BCUT2D eigenvalue weighted by molar-refractivity contribution is 8.29. The molecule has 0 amide bonds. The molecule has 0 aromatic carbocycles. The van der Waals surface area contributed by atoms with Crippen LogP contribution in [0.25, 0.3) is 0 Å². The van der Waals surface area contributed by atoms with E-state index in [0.717, 1.165) is 0 Å². The number of hydrogen-bond donors (Lipinski definition) is 0. The van der Waals surface area contributed by atoms with E-state index >= 15 is 0 Å². The molecule has 7 nitrogen and oxygen atoms in total. The van der Waals surface area contributed by atoms with Crippen molar-refractivity contribution < 1.29 is 0 Å². The lowest BCUT2D eigenvalue weighted by atomic mass is 13.7. The monoisotopic (exact) mass is 599 g/mol. The lowest BCUT2D eigenvalue weighted by molar-refractivity contribution is 1.12. The van der Waals surface area contributed by atoms with Crippen molar-refractivity contribution >= 4 is 139 Å². The van der Waals surface area contributed by atoms with Crippen molar-refractivity contribution in [2.24, 2.45) is 27.1 Å². The molecular formula is Cl9N7P6. The first-order chi connectivity index (χ1) is 9.61. The molecule has 0 aliphatic carbocycles. The van der Waals surface area contributed by atoms with Crippen LogP contribution in [0.4, 0.5) is 0 Å². The van der Waals surface area contributed by atoms with Crippen LogP contribution >= 0.6 is 139 Å². The van der Waals surface area contributed by atoms with Crippen molar-refractivity contribution in [1.82, 2.24) is 4.21 Å². The third-order valence-electron chi connectivity index (χ3n) is 2.01. The molecule has 3 rings (SSSR count). The van der Waals surface area contributed by atoms with Gasteiger partial charge in [0.1, 0.15) is 0 Å². The third kappa shape index (κ3) is 3.76. The van der Waals surface area contributed by atoms with E-state index in [2.05, 4.69) is 27.1 Å². The van der Waals surface area contributed by atoms with Crippen molar-refractivity contribution in [3.8, 4) is 0 Å². The van der Waals surface area contributed by atoms with Gasteiger partial charge in [-0.2, -0.15) is 27.1 Å². The van der Waals surface area contributed by atoms with Crippen LogP contribution in [0.15, 0.2) is 27.1 Å². The number of halogens is 9. The highest BCUT2D eigenvalue weighted by atomic mass is 35.9. The van der Waals surface area contributed by atoms with Crippen molar-refractivity contribution in [2.75, 3.05) is 0 Å². The Bertz CT molecular complexity index is 784. The minimum absolute atomic E-state index is 1.24. The van der Waals surface area contributed by atoms with Crippen LogP contribution in [0.3, 0.4) is 0 Å². The minimum atomic E-state index is -3.39. The Kier molecular flexibility index (Phi) is 5.61. The summed E-state index contributed by atoms with van der Waals surface area (Å²) in [6, 6.07) is 0. The molecule has 0 saturated heterocycles. The number of rotatable bonds is 0. The van der Waals surface area contributed by atoms with Gasteiger partial charge in [0.15, 0.2) is 0 Å². The molecule has 0 spiro atoms. The Balaban J connectivity index is 2.57. The van der Waals surface area contributed by atoms with Gasteiger partial charge in [0.25, 0.3) is 37.9 Å². The summed E-state index contributed by atoms with van der Waals surface area (Å²) < 4.78 is 25.8. The van der Waals surface area contributed by atoms with E-state index < -0.39 is 37.9 Å². The highest BCUT2D eigenvalue weighted by Gasteiger charge is 2.58. The van der Waals surface area contributed by atoms with E-state index in [-0.39, 0.29) is 0 Å². The first kappa shape index (κ1) is 20.7. The van der Waals surface area contributed by atoms with E-state index in [1.807, 2.05) is 0 Å². The zero-order valence-electron chi connectivity index (χ0n) is 9.22. The molecule has 128 valence electrons. The summed E-state index contributed by atoms with van der Waals surface area (Å²) in [6.45, 7) is -10.2. The van der Waals surface area contributed by atoms with Gasteiger partial charge in [0, 0.05) is 0 Å². The quantitative estimate of drug-likeness (QED) is 0.254. The molecular weight excluding hydrogens is 603 g/mol. The molecule has 0 N–H and O–H groups in total. The molecule has 0 aromatic rings. The van der Waals surface area contributed by atoms with E-state index in [0.29, 0.717) is 0 Å². The van der Waals surface area contributed by atoms with E-state index in [9.17, 15) is 0 Å². The Morgan fingerprint density at radius 2 is 0.636 bits per heavy atom. The maximum atomic E-state index is 6.51. The van der Waals surface area contributed by atoms with Gasteiger partial charge in [-0.3, -0.25) is 0 Å². The second-order valence-electron chi connectivity index (χ2n) is 3.66. The van der Waals surface area contributed by atoms with Crippen LogP contribution in [0, 0.1) is 0 Å². The Morgan fingerprint density at radius 3 is 0.864 bits per heavy atom. The second-order valence-corrected chi connectivity index (χ2v) is 29.9. The second kappa shape index (κ2) is 5.97. The van der Waals surface area contributed by atoms with Crippen LogP contribution in [0.2, 0.25) is 0 Å². The molecule has 3 unspecified atom stereocenters. The zero-order chi connectivity index (χ0) is 16.8. The molecule has 0 bridgehead atoms. The Hall–Kier alpha value is 3.95. The molecule has 3 atom stereocenters. The highest BCUT2D eigenvalue weighted by Crippen LogP contribution is 3.04. The largest absolute Gasteiger partial charge is 0.257 e. The fraction of sp³-hybridized carbons (Fsp3) is 0. The van der Waals surface area contributed by atoms with Gasteiger partial charge in [0.05, 0.1) is 0 Å². The van der Waals surface area contributed by atoms with E-state index in [1.54, 1.807) is 0 Å². The van der Waals surface area contributed by atoms with Crippen LogP contribution in [-0.4, -0.2) is 4.21 Å². The minimum Gasteiger partial charge on any atom is -0.184 e. The average Bonchev–Trinajstić information content (AvgIpc) is 1.99. The first-order valence-corrected chi connectivity index (χ1v) is 22.7. The van der Waals surface area contributed by atoms with Gasteiger partial charge in [-0.15, -0.1) is 4.21 Å². The summed E-state index contributed by atoms with van der Waals surface area (Å²) in [5.74, 6) is -9.86. The SMILES string of the molecule is ClP1(Cl)=NP2(Cl)=NP(Cl)(Cl)=NP3(Cl)=NP(Cl)(Cl)=NP(Cl)(=N1)N23. The van der Waals surface area contributed by atoms with Gasteiger partial charge >= 0.3 is 0 Å². The molecule has 0 fully saturated rings. The van der Waals surface area contributed by atoms with Crippen LogP contribution in [0.1, 0.15) is 0 Å². The molecule has 22 heavy (non-hydrogen) atoms. The summed E-state index contributed by atoms with van der Waals surface area (Å²) in [5, 5.41) is 0. The molecule has 3 aliphatic rings. The lowest BCUT2D eigenvalue weighted by Crippen LogP contribution is -2.09. The molecule has 0 aromatic heterocycles. The standard InChI is InChI=1S/Cl9N7P6/c1-17(2)10-20(7)12-18(3,4)14-22(9)15-19(5,6)13-21(8,11-17)16(20)22. The average molecular weight is 603 g/mol. The van der Waals surface area contributed by atoms with Gasteiger partial charge in [0.2, 0.25) is 0 Å². The molecule has 0 radical (unpaired) electrons. The van der Waals surface area contributed by atoms with Crippen LogP contribution < -0.4 is 0 Å². The summed E-state index contributed by atoms with van der Waals surface area (Å²) in [6.07, 6.45) is 0. The zero-order valence-corrected chi connectivity index (χ0v) is 21.4. The van der Waals surface area contributed by atoms with Crippen molar-refractivity contribution in [2.45, 2.75) is 0 Å². The molecule has 22 heteroatoms. The predicted molar refractivity (Wildman–Crippen MR) is 111 cm³/mol. The Morgan fingerprint density at radius 1 is 0.409 bits per heavy atom.